The van der Waals surface area contributed by atoms with Crippen molar-refractivity contribution in [1.29, 1.82) is 0 Å². The lowest BCUT2D eigenvalue weighted by Gasteiger charge is -2.37. The second-order valence-corrected chi connectivity index (χ2v) is 8.38. The molecule has 2 bridgehead atoms. The summed E-state index contributed by atoms with van der Waals surface area (Å²) in [5.74, 6) is -0.404. The highest BCUT2D eigenvalue weighted by molar-refractivity contribution is 6.01. The van der Waals surface area contributed by atoms with Crippen LogP contribution in [0.25, 0.3) is 5.57 Å². The van der Waals surface area contributed by atoms with Gasteiger partial charge >= 0.3 is 12.0 Å². The van der Waals surface area contributed by atoms with Crippen LogP contribution in [-0.2, 0) is 14.3 Å². The Labute approximate surface area is 183 Å². The Morgan fingerprint density at radius 2 is 1.87 bits per heavy atom. The van der Waals surface area contributed by atoms with E-state index in [1.165, 1.54) is 14.0 Å². The molecule has 1 fully saturated rings. The van der Waals surface area contributed by atoms with Crippen molar-refractivity contribution in [3.05, 3.63) is 41.0 Å². The lowest BCUT2D eigenvalue weighted by atomic mass is 9.88. The van der Waals surface area contributed by atoms with Crippen LogP contribution >= 0.6 is 0 Å². The summed E-state index contributed by atoms with van der Waals surface area (Å²) in [7, 11) is 1.37. The maximum atomic E-state index is 12.9. The Hall–Kier alpha value is -2.67. The molecule has 168 valence electrons. The number of hydrogen-bond donors (Lipinski definition) is 1. The van der Waals surface area contributed by atoms with Crippen molar-refractivity contribution in [3.8, 4) is 0 Å². The van der Waals surface area contributed by atoms with E-state index in [0.717, 1.165) is 30.4 Å². The minimum absolute atomic E-state index is 0.000857. The second-order valence-electron chi connectivity index (χ2n) is 8.38. The Balaban J connectivity index is 1.79. The number of ether oxygens (including phenoxy) is 2. The van der Waals surface area contributed by atoms with Gasteiger partial charge < -0.3 is 19.7 Å². The summed E-state index contributed by atoms with van der Waals surface area (Å²) in [6.07, 6.45) is 3.06. The third-order valence-electron chi connectivity index (χ3n) is 5.93. The Kier molecular flexibility index (Phi) is 7.49. The number of Topliss-reactive ketones (excluding diaryl/α,β-unsaturated/α-hetero) is 1. The summed E-state index contributed by atoms with van der Waals surface area (Å²) in [5.41, 5.74) is 2.98. The van der Waals surface area contributed by atoms with Crippen molar-refractivity contribution < 1.29 is 23.9 Å². The van der Waals surface area contributed by atoms with Gasteiger partial charge in [0, 0.05) is 24.8 Å². The molecule has 2 atom stereocenters. The number of urea groups is 1. The van der Waals surface area contributed by atoms with E-state index in [1.807, 2.05) is 30.9 Å². The fraction of sp³-hybridized carbons (Fsp3) is 0.542. The molecule has 1 aromatic rings. The molecule has 2 heterocycles. The van der Waals surface area contributed by atoms with E-state index in [1.54, 1.807) is 12.1 Å². The molecule has 2 aliphatic rings. The van der Waals surface area contributed by atoms with Crippen LogP contribution in [-0.4, -0.2) is 61.1 Å². The minimum Gasteiger partial charge on any atom is -0.466 e. The lowest BCUT2D eigenvalue weighted by Crippen LogP contribution is -2.51. The van der Waals surface area contributed by atoms with Gasteiger partial charge in [0.25, 0.3) is 0 Å². The molecule has 0 aliphatic carbocycles. The molecule has 0 saturated carbocycles. The van der Waals surface area contributed by atoms with E-state index in [0.29, 0.717) is 30.7 Å². The predicted molar refractivity (Wildman–Crippen MR) is 118 cm³/mol. The van der Waals surface area contributed by atoms with E-state index < -0.39 is 5.97 Å². The number of nitrogens with one attached hydrogen (secondary N) is 1. The van der Waals surface area contributed by atoms with Crippen molar-refractivity contribution in [3.63, 3.8) is 0 Å². The monoisotopic (exact) mass is 428 g/mol. The van der Waals surface area contributed by atoms with Crippen LogP contribution in [0.3, 0.4) is 0 Å². The fourth-order valence-electron chi connectivity index (χ4n) is 4.45. The van der Waals surface area contributed by atoms with Crippen LogP contribution < -0.4 is 5.32 Å². The molecular weight excluding hydrogens is 396 g/mol. The van der Waals surface area contributed by atoms with Gasteiger partial charge in [-0.25, -0.2) is 9.59 Å². The van der Waals surface area contributed by atoms with E-state index in [9.17, 15) is 14.4 Å². The van der Waals surface area contributed by atoms with Gasteiger partial charge in [0.1, 0.15) is 0 Å². The minimum atomic E-state index is -0.404. The van der Waals surface area contributed by atoms with Crippen molar-refractivity contribution in [2.24, 2.45) is 0 Å². The molecule has 1 saturated heterocycles. The van der Waals surface area contributed by atoms with Gasteiger partial charge in [-0.15, -0.1) is 0 Å². The summed E-state index contributed by atoms with van der Waals surface area (Å²) in [6, 6.07) is 6.88. The van der Waals surface area contributed by atoms with Crippen LogP contribution in [0.1, 0.15) is 62.4 Å². The molecule has 2 amide bonds. The van der Waals surface area contributed by atoms with Crippen molar-refractivity contribution >= 4 is 23.4 Å². The third-order valence-corrected chi connectivity index (χ3v) is 5.93. The Morgan fingerprint density at radius 1 is 1.16 bits per heavy atom. The zero-order chi connectivity index (χ0) is 22.5. The van der Waals surface area contributed by atoms with Gasteiger partial charge in [0.15, 0.2) is 5.78 Å². The van der Waals surface area contributed by atoms with Crippen LogP contribution in [0.2, 0.25) is 0 Å². The Morgan fingerprint density at radius 3 is 2.48 bits per heavy atom. The number of amides is 2. The zero-order valence-electron chi connectivity index (χ0n) is 18.8. The van der Waals surface area contributed by atoms with Gasteiger partial charge in [-0.3, -0.25) is 4.79 Å². The topological polar surface area (TPSA) is 84.9 Å². The van der Waals surface area contributed by atoms with Crippen LogP contribution in [0.5, 0.6) is 0 Å². The third kappa shape index (κ3) is 5.15. The number of nitrogens with zero attached hydrogens (tertiary/aromatic N) is 1. The average Bonchev–Trinajstić information content (AvgIpc) is 3.06. The van der Waals surface area contributed by atoms with E-state index >= 15 is 0 Å². The van der Waals surface area contributed by atoms with Gasteiger partial charge in [-0.05, 0) is 57.6 Å². The van der Waals surface area contributed by atoms with Gasteiger partial charge in [0.05, 0.1) is 24.8 Å². The lowest BCUT2D eigenvalue weighted by molar-refractivity contribution is -0.136. The van der Waals surface area contributed by atoms with Crippen molar-refractivity contribution in [1.82, 2.24) is 10.2 Å². The second kappa shape index (κ2) is 10.1. The number of benzene rings is 1. The highest BCUT2D eigenvalue weighted by Crippen LogP contribution is 2.43. The summed E-state index contributed by atoms with van der Waals surface area (Å²) in [5, 5.41) is 2.97. The summed E-state index contributed by atoms with van der Waals surface area (Å²) < 4.78 is 10.6. The molecule has 2 aliphatic heterocycles. The van der Waals surface area contributed by atoms with E-state index in [4.69, 9.17) is 9.47 Å². The Bertz CT molecular complexity index is 859. The number of fused-ring (bicyclic) bond motifs is 2. The quantitative estimate of drug-likeness (QED) is 0.389. The highest BCUT2D eigenvalue weighted by Gasteiger charge is 2.46. The molecule has 0 spiro atoms. The van der Waals surface area contributed by atoms with Gasteiger partial charge in [-0.1, -0.05) is 24.3 Å². The molecule has 31 heavy (non-hydrogen) atoms. The van der Waals surface area contributed by atoms with Crippen LogP contribution in [0, 0.1) is 0 Å². The first-order valence-corrected chi connectivity index (χ1v) is 10.9. The maximum absolute atomic E-state index is 12.9. The molecular formula is C24H32N2O5. The molecule has 1 aromatic carbocycles. The normalized spacial score (nSPS) is 20.2. The van der Waals surface area contributed by atoms with E-state index in [-0.39, 0.29) is 30.0 Å². The maximum Gasteiger partial charge on any atom is 0.336 e. The molecule has 0 unspecified atom stereocenters. The number of esters is 1. The summed E-state index contributed by atoms with van der Waals surface area (Å²) in [4.78, 5) is 39.1. The number of rotatable bonds is 8. The molecule has 3 rings (SSSR count). The highest BCUT2D eigenvalue weighted by atomic mass is 16.5. The molecule has 7 heteroatoms. The molecule has 0 aromatic heterocycles. The fourth-order valence-corrected chi connectivity index (χ4v) is 4.45. The average molecular weight is 429 g/mol. The van der Waals surface area contributed by atoms with Crippen LogP contribution in [0.15, 0.2) is 29.8 Å². The van der Waals surface area contributed by atoms with Crippen LogP contribution in [0.4, 0.5) is 4.79 Å². The number of carbonyl (C=O) groups is 3. The van der Waals surface area contributed by atoms with Gasteiger partial charge in [0.2, 0.25) is 0 Å². The summed E-state index contributed by atoms with van der Waals surface area (Å²) in [6.45, 7) is 6.61. The molecule has 1 N–H and O–H groups in total. The SMILES string of the molecule is COC(=O)C1=C(c2ccc(C(C)=O)cc2)C[C@H]2CC[C@@H]1N2C(=O)NCCCOC(C)C. The summed E-state index contributed by atoms with van der Waals surface area (Å²) >= 11 is 0. The standard InChI is InChI=1S/C24H32N2O5/c1-15(2)31-13-5-12-25-24(29)26-19-10-11-21(26)22(23(28)30-4)20(14-19)18-8-6-17(7-9-18)16(3)27/h6-9,15,19,21H,5,10-14H2,1-4H3,(H,25,29)/t19-,21+/m1/s1. The van der Waals surface area contributed by atoms with Crippen molar-refractivity contribution in [2.45, 2.75) is 64.6 Å². The number of methoxy groups -OCH3 is 1. The smallest absolute Gasteiger partial charge is 0.336 e. The zero-order valence-corrected chi connectivity index (χ0v) is 18.8. The largest absolute Gasteiger partial charge is 0.466 e. The molecule has 0 radical (unpaired) electrons. The molecule has 7 nitrogen and oxygen atoms in total. The number of hydrogen-bond acceptors (Lipinski definition) is 5. The first-order chi connectivity index (χ1) is 14.8. The predicted octanol–water partition coefficient (Wildman–Crippen LogP) is 3.58. The number of carbonyl (C=O) groups excluding carboxylic acids is 3. The first-order valence-electron chi connectivity index (χ1n) is 10.9. The van der Waals surface area contributed by atoms with Gasteiger partial charge in [-0.2, -0.15) is 0 Å². The number of ketones is 1. The van der Waals surface area contributed by atoms with Crippen molar-refractivity contribution in [2.75, 3.05) is 20.3 Å². The van der Waals surface area contributed by atoms with E-state index in [2.05, 4.69) is 5.32 Å². The first kappa shape index (κ1) is 23.0.